The zero-order valence-electron chi connectivity index (χ0n) is 16.2. The van der Waals surface area contributed by atoms with Crippen LogP contribution >= 0.6 is 0 Å². The molecule has 0 saturated heterocycles. The van der Waals surface area contributed by atoms with E-state index in [1.54, 1.807) is 0 Å². The first-order valence-electron chi connectivity index (χ1n) is 9.92. The van der Waals surface area contributed by atoms with Gasteiger partial charge in [0.25, 0.3) is 5.56 Å². The summed E-state index contributed by atoms with van der Waals surface area (Å²) in [6, 6.07) is 15.9. The van der Waals surface area contributed by atoms with Crippen molar-refractivity contribution in [3.63, 3.8) is 0 Å². The molecule has 8 nitrogen and oxygen atoms in total. The number of hydrogen-bond acceptors (Lipinski definition) is 5. The van der Waals surface area contributed by atoms with Gasteiger partial charge in [0, 0.05) is 23.1 Å². The summed E-state index contributed by atoms with van der Waals surface area (Å²) < 4.78 is 0. The molecule has 1 fully saturated rings. The molecule has 1 aliphatic carbocycles. The lowest BCUT2D eigenvalue weighted by Gasteiger charge is -2.09. The Morgan fingerprint density at radius 1 is 1.00 bits per heavy atom. The van der Waals surface area contributed by atoms with Gasteiger partial charge in [0.05, 0.1) is 16.4 Å². The number of anilines is 2. The summed E-state index contributed by atoms with van der Waals surface area (Å²) in [6.45, 7) is 1.96. The van der Waals surface area contributed by atoms with E-state index >= 15 is 0 Å². The van der Waals surface area contributed by atoms with Crippen molar-refractivity contribution in [1.82, 2.24) is 30.4 Å². The highest BCUT2D eigenvalue weighted by atomic mass is 16.1. The van der Waals surface area contributed by atoms with Crippen molar-refractivity contribution >= 4 is 33.4 Å². The molecule has 0 aliphatic heterocycles. The Balaban J connectivity index is 1.37. The third-order valence-corrected chi connectivity index (χ3v) is 5.72. The van der Waals surface area contributed by atoms with Gasteiger partial charge in [-0.2, -0.15) is 5.10 Å². The van der Waals surface area contributed by atoms with Crippen LogP contribution in [-0.2, 0) is 0 Å². The Hall–Kier alpha value is -3.94. The maximum absolute atomic E-state index is 11.8. The second kappa shape index (κ2) is 6.28. The number of para-hydroxylation sites is 1. The van der Waals surface area contributed by atoms with Crippen LogP contribution in [0.3, 0.4) is 0 Å². The average molecular weight is 397 g/mol. The second-order valence-electron chi connectivity index (χ2n) is 7.84. The first kappa shape index (κ1) is 17.0. The van der Waals surface area contributed by atoms with E-state index < -0.39 is 0 Å². The van der Waals surface area contributed by atoms with Crippen LogP contribution in [-0.4, -0.2) is 30.4 Å². The fourth-order valence-electron chi connectivity index (χ4n) is 4.09. The molecule has 0 radical (unpaired) electrons. The first-order valence-corrected chi connectivity index (χ1v) is 9.92. The molecule has 2 aromatic carbocycles. The lowest BCUT2D eigenvalue weighted by Crippen LogP contribution is -2.02. The zero-order chi connectivity index (χ0) is 20.2. The quantitative estimate of drug-likeness (QED) is 0.368. The van der Waals surface area contributed by atoms with Gasteiger partial charge in [-0.25, -0.2) is 9.97 Å². The number of aromatic amines is 3. The summed E-state index contributed by atoms with van der Waals surface area (Å²) in [7, 11) is 0. The third kappa shape index (κ3) is 2.76. The Bertz CT molecular complexity index is 1460. The van der Waals surface area contributed by atoms with Crippen LogP contribution < -0.4 is 10.9 Å². The molecule has 6 rings (SSSR count). The highest BCUT2D eigenvalue weighted by Crippen LogP contribution is 2.54. The van der Waals surface area contributed by atoms with E-state index in [-0.39, 0.29) is 11.5 Å². The van der Waals surface area contributed by atoms with Crippen molar-refractivity contribution in [1.29, 1.82) is 0 Å². The number of aromatic nitrogens is 6. The molecular formula is C22H19N7O. The largest absolute Gasteiger partial charge is 0.323 e. The predicted octanol–water partition coefficient (Wildman–Crippen LogP) is 3.85. The molecule has 5 aromatic rings. The monoisotopic (exact) mass is 397 g/mol. The average Bonchev–Trinajstić information content (AvgIpc) is 3.34. The van der Waals surface area contributed by atoms with Crippen LogP contribution in [0.2, 0.25) is 0 Å². The number of H-pyrrole nitrogens is 3. The molecule has 0 amide bonds. The van der Waals surface area contributed by atoms with Crippen LogP contribution in [0.15, 0.2) is 53.3 Å². The molecule has 2 unspecified atom stereocenters. The van der Waals surface area contributed by atoms with Gasteiger partial charge in [-0.3, -0.25) is 20.1 Å². The number of nitrogens with zero attached hydrogens (tertiary/aromatic N) is 3. The van der Waals surface area contributed by atoms with Gasteiger partial charge in [0.2, 0.25) is 0 Å². The second-order valence-corrected chi connectivity index (χ2v) is 7.84. The Labute approximate surface area is 170 Å². The van der Waals surface area contributed by atoms with Crippen molar-refractivity contribution in [3.05, 3.63) is 76.0 Å². The van der Waals surface area contributed by atoms with Crippen molar-refractivity contribution in [2.45, 2.75) is 25.2 Å². The molecule has 3 heterocycles. The Morgan fingerprint density at radius 3 is 2.77 bits per heavy atom. The molecule has 2 atom stereocenters. The highest BCUT2D eigenvalue weighted by molar-refractivity contribution is 5.90. The van der Waals surface area contributed by atoms with Crippen LogP contribution in [0.25, 0.3) is 21.8 Å². The zero-order valence-corrected chi connectivity index (χ0v) is 16.2. The van der Waals surface area contributed by atoms with Gasteiger partial charge < -0.3 is 5.32 Å². The number of benzene rings is 2. The highest BCUT2D eigenvalue weighted by Gasteiger charge is 2.42. The number of rotatable bonds is 4. The number of fused-ring (bicyclic) bond motifs is 2. The molecule has 1 aliphatic rings. The Kier molecular flexibility index (Phi) is 3.55. The van der Waals surface area contributed by atoms with E-state index in [4.69, 9.17) is 9.97 Å². The van der Waals surface area contributed by atoms with E-state index in [2.05, 4.69) is 25.7 Å². The molecule has 1 saturated carbocycles. The smallest absolute Gasteiger partial charge is 0.271 e. The van der Waals surface area contributed by atoms with E-state index in [0.717, 1.165) is 46.0 Å². The number of aryl methyl sites for hydroxylation is 1. The first-order chi connectivity index (χ1) is 14.7. The summed E-state index contributed by atoms with van der Waals surface area (Å²) in [5.41, 5.74) is 3.83. The molecule has 4 N–H and O–H groups in total. The van der Waals surface area contributed by atoms with Gasteiger partial charge in [-0.1, -0.05) is 18.2 Å². The molecule has 8 heteroatoms. The Morgan fingerprint density at radius 2 is 1.90 bits per heavy atom. The molecular weight excluding hydrogens is 378 g/mol. The van der Waals surface area contributed by atoms with Crippen molar-refractivity contribution < 1.29 is 0 Å². The number of nitrogens with one attached hydrogen (secondary N) is 4. The lowest BCUT2D eigenvalue weighted by molar-refractivity contribution is 0.912. The van der Waals surface area contributed by atoms with Crippen molar-refractivity contribution in [2.75, 3.05) is 5.32 Å². The van der Waals surface area contributed by atoms with Gasteiger partial charge in [0.15, 0.2) is 5.82 Å². The minimum atomic E-state index is -0.0916. The SMILES string of the molecule is Cc1cc(Nc2nc(C3CC3c3ccc4c(=O)[nH][nH]c4c3)nc3ccccc23)n[nH]1. The molecule has 30 heavy (non-hydrogen) atoms. The van der Waals surface area contributed by atoms with Gasteiger partial charge in [0.1, 0.15) is 11.6 Å². The molecule has 0 bridgehead atoms. The van der Waals surface area contributed by atoms with E-state index in [1.165, 1.54) is 5.56 Å². The maximum atomic E-state index is 11.8. The number of hydrogen-bond donors (Lipinski definition) is 4. The van der Waals surface area contributed by atoms with Crippen molar-refractivity contribution in [2.24, 2.45) is 0 Å². The van der Waals surface area contributed by atoms with Gasteiger partial charge in [-0.15, -0.1) is 0 Å². The fraction of sp³-hybridized carbons (Fsp3) is 0.182. The van der Waals surface area contributed by atoms with Crippen molar-refractivity contribution in [3.8, 4) is 0 Å². The maximum Gasteiger partial charge on any atom is 0.271 e. The van der Waals surface area contributed by atoms with Gasteiger partial charge in [-0.05, 0) is 49.1 Å². The van der Waals surface area contributed by atoms with E-state index in [0.29, 0.717) is 11.3 Å². The summed E-state index contributed by atoms with van der Waals surface area (Å²) in [5, 5.41) is 17.8. The third-order valence-electron chi connectivity index (χ3n) is 5.72. The minimum absolute atomic E-state index is 0.0916. The standard InChI is InChI=1S/C22H19N7O/c1-11-8-19(28-26-11)24-20-13-4-2-3-5-17(13)23-21(25-20)16-10-15(16)12-6-7-14-18(9-12)27-29-22(14)30/h2-9,15-16H,10H2,1H3,(H2,27,29,30)(H2,23,24,25,26,28). The lowest BCUT2D eigenvalue weighted by atomic mass is 10.1. The molecule has 148 valence electrons. The van der Waals surface area contributed by atoms with Crippen LogP contribution in [0.5, 0.6) is 0 Å². The van der Waals surface area contributed by atoms with E-state index in [1.807, 2.05) is 55.5 Å². The predicted molar refractivity (Wildman–Crippen MR) is 115 cm³/mol. The van der Waals surface area contributed by atoms with Crippen LogP contribution in [0, 0.1) is 6.92 Å². The summed E-state index contributed by atoms with van der Waals surface area (Å²) in [4.78, 5) is 21.5. The molecule has 3 aromatic heterocycles. The van der Waals surface area contributed by atoms with Crippen LogP contribution in [0.1, 0.15) is 35.3 Å². The normalized spacial score (nSPS) is 18.2. The summed E-state index contributed by atoms with van der Waals surface area (Å²) in [6.07, 6.45) is 0.986. The van der Waals surface area contributed by atoms with Gasteiger partial charge >= 0.3 is 0 Å². The topological polar surface area (TPSA) is 115 Å². The fourth-order valence-corrected chi connectivity index (χ4v) is 4.09. The van der Waals surface area contributed by atoms with E-state index in [9.17, 15) is 4.79 Å². The minimum Gasteiger partial charge on any atom is -0.323 e. The van der Waals surface area contributed by atoms with Crippen LogP contribution in [0.4, 0.5) is 11.6 Å². The summed E-state index contributed by atoms with van der Waals surface area (Å²) in [5.74, 6) is 2.92. The summed E-state index contributed by atoms with van der Waals surface area (Å²) >= 11 is 0. The molecule has 0 spiro atoms.